The highest BCUT2D eigenvalue weighted by molar-refractivity contribution is 5.86. The van der Waals surface area contributed by atoms with Crippen LogP contribution in [0.3, 0.4) is 0 Å². The van der Waals surface area contributed by atoms with Crippen molar-refractivity contribution in [3.05, 3.63) is 36.3 Å². The Morgan fingerprint density at radius 3 is 2.50 bits per heavy atom. The van der Waals surface area contributed by atoms with Crippen LogP contribution in [-0.4, -0.2) is 44.0 Å². The van der Waals surface area contributed by atoms with E-state index < -0.39 is 18.2 Å². The average molecular weight is 451 g/mol. The maximum Gasteiger partial charge on any atom is 0.407 e. The van der Waals surface area contributed by atoms with Gasteiger partial charge in [-0.15, -0.1) is 0 Å². The molecular formula is C23H34N2O7. The van der Waals surface area contributed by atoms with Crippen molar-refractivity contribution in [3.8, 4) is 0 Å². The summed E-state index contributed by atoms with van der Waals surface area (Å²) in [6.07, 6.45) is 2.78. The fourth-order valence-corrected chi connectivity index (χ4v) is 4.34. The number of hydrogen-bond acceptors (Lipinski definition) is 7. The highest BCUT2D eigenvalue weighted by Crippen LogP contribution is 2.45. The van der Waals surface area contributed by atoms with Crippen molar-refractivity contribution in [1.29, 1.82) is 0 Å². The lowest BCUT2D eigenvalue weighted by Crippen LogP contribution is -2.50. The third-order valence-corrected chi connectivity index (χ3v) is 5.25. The summed E-state index contributed by atoms with van der Waals surface area (Å²) in [7, 11) is 0. The first-order valence-corrected chi connectivity index (χ1v) is 10.7. The molecule has 32 heavy (non-hydrogen) atoms. The Morgan fingerprint density at radius 1 is 1.12 bits per heavy atom. The molecule has 1 saturated carbocycles. The van der Waals surface area contributed by atoms with E-state index >= 15 is 0 Å². The zero-order chi connectivity index (χ0) is 23.8. The lowest BCUT2D eigenvalue weighted by molar-refractivity contribution is -0.139. The zero-order valence-electron chi connectivity index (χ0n) is 19.3. The summed E-state index contributed by atoms with van der Waals surface area (Å²) in [5, 5.41) is 5.72. The third-order valence-electron chi connectivity index (χ3n) is 5.25. The summed E-state index contributed by atoms with van der Waals surface area (Å²) < 4.78 is 20.4. The largest absolute Gasteiger partial charge is 0.466 e. The predicted molar refractivity (Wildman–Crippen MR) is 117 cm³/mol. The molecule has 1 aromatic rings. The number of carbonyl (C=O) groups is 3. The molecule has 0 aliphatic heterocycles. The fraction of sp³-hybridized carbons (Fsp3) is 0.609. The van der Waals surface area contributed by atoms with Crippen LogP contribution >= 0.6 is 0 Å². The van der Waals surface area contributed by atoms with E-state index in [1.165, 1.54) is 6.26 Å². The van der Waals surface area contributed by atoms with Crippen molar-refractivity contribution in [2.45, 2.75) is 59.6 Å². The number of furan rings is 1. The molecule has 1 aromatic heterocycles. The first-order valence-electron chi connectivity index (χ1n) is 10.7. The Morgan fingerprint density at radius 2 is 1.84 bits per heavy atom. The van der Waals surface area contributed by atoms with Gasteiger partial charge in [0, 0.05) is 18.2 Å². The monoisotopic (exact) mass is 450 g/mol. The van der Waals surface area contributed by atoms with Gasteiger partial charge in [-0.1, -0.05) is 27.4 Å². The number of rotatable bonds is 9. The number of carbonyl (C=O) groups excluding carboxylic acids is 3. The number of ether oxygens (including phenoxy) is 3. The summed E-state index contributed by atoms with van der Waals surface area (Å²) in [6.45, 7) is 11.8. The standard InChI is InChI=1S/C23H34N2O7/c1-16(2)19(26)30-9-10-31-21(28)25-17-11-22(3,4)14-23(5,12-17)15-24-20(27)32-13-18-7-6-8-29-18/h6-8,17H,1,9-15H2,2-5H3,(H,24,27)(H,25,28). The van der Waals surface area contributed by atoms with Crippen LogP contribution in [0.4, 0.5) is 9.59 Å². The van der Waals surface area contributed by atoms with Crippen LogP contribution in [0.15, 0.2) is 35.0 Å². The normalized spacial score (nSPS) is 21.8. The van der Waals surface area contributed by atoms with Crippen molar-refractivity contribution in [3.63, 3.8) is 0 Å². The van der Waals surface area contributed by atoms with Crippen LogP contribution in [0.25, 0.3) is 0 Å². The summed E-state index contributed by atoms with van der Waals surface area (Å²) >= 11 is 0. The van der Waals surface area contributed by atoms with Gasteiger partial charge >= 0.3 is 18.2 Å². The molecule has 1 heterocycles. The first kappa shape index (κ1) is 25.3. The van der Waals surface area contributed by atoms with Crippen LogP contribution in [-0.2, 0) is 25.6 Å². The molecule has 9 nitrogen and oxygen atoms in total. The van der Waals surface area contributed by atoms with Gasteiger partial charge in [-0.3, -0.25) is 0 Å². The van der Waals surface area contributed by atoms with E-state index in [-0.39, 0.29) is 42.3 Å². The van der Waals surface area contributed by atoms with Crippen LogP contribution in [0, 0.1) is 10.8 Å². The minimum absolute atomic E-state index is 0.0307. The van der Waals surface area contributed by atoms with E-state index in [4.69, 9.17) is 18.6 Å². The van der Waals surface area contributed by atoms with E-state index in [2.05, 4.69) is 38.0 Å². The Hall–Kier alpha value is -2.97. The van der Waals surface area contributed by atoms with Crippen molar-refractivity contribution < 1.29 is 33.0 Å². The minimum Gasteiger partial charge on any atom is -0.466 e. The molecule has 2 rings (SSSR count). The second-order valence-electron chi connectivity index (χ2n) is 9.46. The van der Waals surface area contributed by atoms with Crippen molar-refractivity contribution in [1.82, 2.24) is 10.6 Å². The number of alkyl carbamates (subject to hydrolysis) is 2. The Balaban J connectivity index is 1.78. The first-order chi connectivity index (χ1) is 15.0. The van der Waals surface area contributed by atoms with E-state index in [9.17, 15) is 14.4 Å². The van der Waals surface area contributed by atoms with E-state index in [1.54, 1.807) is 19.1 Å². The quantitative estimate of drug-likeness (QED) is 0.253. The molecular weight excluding hydrogens is 416 g/mol. The van der Waals surface area contributed by atoms with Crippen LogP contribution in [0.1, 0.15) is 52.7 Å². The molecule has 2 amide bonds. The summed E-state index contributed by atoms with van der Waals surface area (Å²) in [4.78, 5) is 35.6. The molecule has 0 radical (unpaired) electrons. The maximum absolute atomic E-state index is 12.2. The topological polar surface area (TPSA) is 116 Å². The Bertz CT molecular complexity index is 803. The molecule has 2 unspecified atom stereocenters. The molecule has 178 valence electrons. The number of hydrogen-bond donors (Lipinski definition) is 2. The number of esters is 1. The second-order valence-corrected chi connectivity index (χ2v) is 9.46. The van der Waals surface area contributed by atoms with Crippen LogP contribution in [0.5, 0.6) is 0 Å². The lowest BCUT2D eigenvalue weighted by Gasteiger charge is -2.46. The molecule has 1 aliphatic rings. The van der Waals surface area contributed by atoms with Crippen molar-refractivity contribution in [2.75, 3.05) is 19.8 Å². The smallest absolute Gasteiger partial charge is 0.407 e. The molecule has 0 aromatic carbocycles. The molecule has 1 aliphatic carbocycles. The minimum atomic E-state index is -0.563. The van der Waals surface area contributed by atoms with Crippen LogP contribution in [0.2, 0.25) is 0 Å². The molecule has 2 atom stereocenters. The third kappa shape index (κ3) is 8.64. The molecule has 2 N–H and O–H groups in total. The summed E-state index contributed by atoms with van der Waals surface area (Å²) in [5.41, 5.74) is 0.0129. The van der Waals surface area contributed by atoms with E-state index in [0.717, 1.165) is 12.8 Å². The zero-order valence-corrected chi connectivity index (χ0v) is 19.3. The van der Waals surface area contributed by atoms with Gasteiger partial charge in [0.25, 0.3) is 0 Å². The molecule has 1 fully saturated rings. The van der Waals surface area contributed by atoms with Gasteiger partial charge in [0.1, 0.15) is 19.0 Å². The average Bonchev–Trinajstić information content (AvgIpc) is 3.20. The van der Waals surface area contributed by atoms with Crippen LogP contribution < -0.4 is 10.6 Å². The molecule has 9 heteroatoms. The SMILES string of the molecule is C=C(C)C(=O)OCCOC(=O)NC1CC(C)(C)CC(C)(CNC(=O)OCc2ccco2)C1. The molecule has 0 spiro atoms. The number of amides is 2. The van der Waals surface area contributed by atoms with Gasteiger partial charge in [0.05, 0.1) is 6.26 Å². The van der Waals surface area contributed by atoms with Gasteiger partial charge in [-0.05, 0) is 49.1 Å². The highest BCUT2D eigenvalue weighted by Gasteiger charge is 2.42. The second kappa shape index (κ2) is 11.1. The molecule has 0 bridgehead atoms. The van der Waals surface area contributed by atoms with Gasteiger partial charge < -0.3 is 29.3 Å². The summed E-state index contributed by atoms with van der Waals surface area (Å²) in [6, 6.07) is 3.35. The highest BCUT2D eigenvalue weighted by atomic mass is 16.6. The van der Waals surface area contributed by atoms with E-state index in [1.807, 2.05) is 0 Å². The van der Waals surface area contributed by atoms with Crippen molar-refractivity contribution >= 4 is 18.2 Å². The van der Waals surface area contributed by atoms with Gasteiger partial charge in [0.15, 0.2) is 6.61 Å². The number of nitrogens with one attached hydrogen (secondary N) is 2. The van der Waals surface area contributed by atoms with Gasteiger partial charge in [0.2, 0.25) is 0 Å². The predicted octanol–water partition coefficient (Wildman–Crippen LogP) is 3.94. The Labute approximate surface area is 188 Å². The van der Waals surface area contributed by atoms with Gasteiger partial charge in [-0.2, -0.15) is 0 Å². The van der Waals surface area contributed by atoms with Gasteiger partial charge in [-0.25, -0.2) is 14.4 Å². The summed E-state index contributed by atoms with van der Waals surface area (Å²) in [5.74, 6) is 0.0522. The fourth-order valence-electron chi connectivity index (χ4n) is 4.34. The maximum atomic E-state index is 12.2. The molecule has 0 saturated heterocycles. The lowest BCUT2D eigenvalue weighted by atomic mass is 9.62. The Kier molecular flexibility index (Phi) is 8.74. The van der Waals surface area contributed by atoms with Crippen molar-refractivity contribution in [2.24, 2.45) is 10.8 Å². The van der Waals surface area contributed by atoms with E-state index in [0.29, 0.717) is 18.7 Å².